The van der Waals surface area contributed by atoms with Gasteiger partial charge < -0.3 is 19.1 Å². The maximum Gasteiger partial charge on any atom is 0.412 e. The molecule has 1 amide bonds. The first kappa shape index (κ1) is 38.3. The van der Waals surface area contributed by atoms with Crippen molar-refractivity contribution in [2.45, 2.75) is 65.2 Å². The highest BCUT2D eigenvalue weighted by atomic mass is 16.6. The van der Waals surface area contributed by atoms with Crippen LogP contribution in [0.4, 0.5) is 16.2 Å². The number of esters is 1. The molecule has 1 saturated heterocycles. The maximum absolute atomic E-state index is 14.5. The number of rotatable bonds is 11. The normalized spacial score (nSPS) is 18.6. The summed E-state index contributed by atoms with van der Waals surface area (Å²) in [6.07, 6.45) is 9.17. The predicted molar refractivity (Wildman–Crippen MR) is 212 cm³/mol. The molecule has 3 atom stereocenters. The number of aromatic nitrogens is 5. The predicted octanol–water partition coefficient (Wildman–Crippen LogP) is 7.24. The lowest BCUT2D eigenvalue weighted by Gasteiger charge is -2.44. The summed E-state index contributed by atoms with van der Waals surface area (Å²) < 4.78 is 18.6. The van der Waals surface area contributed by atoms with Crippen molar-refractivity contribution < 1.29 is 28.6 Å². The fourth-order valence-corrected chi connectivity index (χ4v) is 7.67. The van der Waals surface area contributed by atoms with Crippen molar-refractivity contribution >= 4 is 45.7 Å². The zero-order valence-corrected chi connectivity index (χ0v) is 32.2. The number of anilines is 2. The number of nitrogens with zero attached hydrogens (tertiary/aromatic N) is 6. The highest BCUT2D eigenvalue weighted by Crippen LogP contribution is 2.38. The molecule has 0 unspecified atom stereocenters. The molecule has 0 aliphatic carbocycles. The van der Waals surface area contributed by atoms with Gasteiger partial charge in [-0.25, -0.2) is 14.5 Å². The van der Waals surface area contributed by atoms with Crippen molar-refractivity contribution in [3.05, 3.63) is 114 Å². The molecule has 5 heterocycles. The minimum Gasteiger partial charge on any atom is -0.460 e. The number of amides is 1. The Morgan fingerprint density at radius 1 is 1.02 bits per heavy atom. The number of nitrogens with one attached hydrogen (secondary N) is 1. The number of ketones is 1. The minimum atomic E-state index is -0.699. The average Bonchev–Trinajstić information content (AvgIpc) is 3.71. The summed E-state index contributed by atoms with van der Waals surface area (Å²) in [6.45, 7) is 10.1. The highest BCUT2D eigenvalue weighted by Gasteiger charge is 2.39. The van der Waals surface area contributed by atoms with Crippen LogP contribution in [0.3, 0.4) is 0 Å². The Balaban J connectivity index is 1.18. The number of hydrogen-bond acceptors (Lipinski definition) is 11. The van der Waals surface area contributed by atoms with Crippen molar-refractivity contribution in [1.29, 1.82) is 0 Å². The van der Waals surface area contributed by atoms with Gasteiger partial charge in [-0.05, 0) is 68.0 Å². The topological polar surface area (TPSA) is 151 Å². The number of benzene rings is 2. The quantitative estimate of drug-likeness (QED) is 0.107. The Morgan fingerprint density at radius 3 is 2.61 bits per heavy atom. The first-order chi connectivity index (χ1) is 27.0. The molecular formula is C43H47N7O6. The first-order valence-corrected chi connectivity index (χ1v) is 19.0. The van der Waals surface area contributed by atoms with Gasteiger partial charge in [0.15, 0.2) is 5.78 Å². The van der Waals surface area contributed by atoms with E-state index >= 15 is 0 Å². The van der Waals surface area contributed by atoms with Crippen LogP contribution in [-0.2, 0) is 32.0 Å². The fraction of sp³-hybridized carbons (Fsp3) is 0.372. The molecule has 0 saturated carbocycles. The molecule has 0 radical (unpaired) electrons. The van der Waals surface area contributed by atoms with E-state index in [-0.39, 0.29) is 60.5 Å². The van der Waals surface area contributed by atoms with Crippen LogP contribution in [0.2, 0.25) is 0 Å². The fourth-order valence-electron chi connectivity index (χ4n) is 7.67. The second-order valence-corrected chi connectivity index (χ2v) is 15.4. The van der Waals surface area contributed by atoms with E-state index in [1.807, 2.05) is 86.2 Å². The summed E-state index contributed by atoms with van der Waals surface area (Å²) >= 11 is 0. The number of pyridine rings is 2. The third-order valence-electron chi connectivity index (χ3n) is 10.1. The zero-order chi connectivity index (χ0) is 39.2. The molecule has 2 aromatic carbocycles. The molecule has 2 aliphatic rings. The molecule has 5 aromatic rings. The Bertz CT molecular complexity index is 2220. The lowest BCUT2D eigenvalue weighted by atomic mass is 9.82. The van der Waals surface area contributed by atoms with Crippen LogP contribution in [0.25, 0.3) is 16.5 Å². The Labute approximate surface area is 326 Å². The summed E-state index contributed by atoms with van der Waals surface area (Å²) in [7, 11) is 0. The van der Waals surface area contributed by atoms with E-state index in [4.69, 9.17) is 19.2 Å². The van der Waals surface area contributed by atoms with Crippen LogP contribution in [0.1, 0.15) is 73.8 Å². The van der Waals surface area contributed by atoms with Gasteiger partial charge >= 0.3 is 12.1 Å². The number of carbonyl (C=O) groups excluding carboxylic acids is 3. The van der Waals surface area contributed by atoms with Crippen molar-refractivity contribution in [3.8, 4) is 0 Å². The Hall–Kier alpha value is -5.95. The van der Waals surface area contributed by atoms with Crippen LogP contribution >= 0.6 is 0 Å². The molecule has 13 heteroatoms. The third-order valence-corrected chi connectivity index (χ3v) is 10.1. The minimum absolute atomic E-state index is 0.0360. The second kappa shape index (κ2) is 16.8. The molecular weight excluding hydrogens is 711 g/mol. The molecule has 290 valence electrons. The van der Waals surface area contributed by atoms with Gasteiger partial charge in [0.25, 0.3) is 0 Å². The van der Waals surface area contributed by atoms with Crippen molar-refractivity contribution in [1.82, 2.24) is 25.0 Å². The van der Waals surface area contributed by atoms with Crippen molar-refractivity contribution in [2.75, 3.05) is 36.5 Å². The monoisotopic (exact) mass is 757 g/mol. The Kier molecular flexibility index (Phi) is 11.5. The van der Waals surface area contributed by atoms with Gasteiger partial charge in [0.1, 0.15) is 17.9 Å². The van der Waals surface area contributed by atoms with E-state index in [2.05, 4.69) is 38.5 Å². The van der Waals surface area contributed by atoms with Gasteiger partial charge in [-0.15, -0.1) is 5.10 Å². The number of piperidine rings is 1. The highest BCUT2D eigenvalue weighted by molar-refractivity contribution is 6.06. The number of ether oxygens (including phenoxy) is 3. The first-order valence-electron chi connectivity index (χ1n) is 19.0. The van der Waals surface area contributed by atoms with Gasteiger partial charge in [-0.1, -0.05) is 60.7 Å². The SMILES string of the molecule is C[C@H]1CN(c2ccncc2CC(=O)c2nc3cc(C4=CCOCC4)ccc3cc2NC(=O)OCc2ccccc2)C[C@@H](CC(=O)OC(C)(C)C)[C@H]1n1ccnn1. The van der Waals surface area contributed by atoms with Crippen LogP contribution in [0.5, 0.6) is 0 Å². The van der Waals surface area contributed by atoms with Gasteiger partial charge in [-0.3, -0.25) is 19.9 Å². The molecule has 13 nitrogen and oxygen atoms in total. The summed E-state index contributed by atoms with van der Waals surface area (Å²) in [5.74, 6) is -0.680. The maximum atomic E-state index is 14.5. The van der Waals surface area contributed by atoms with E-state index in [0.717, 1.165) is 34.2 Å². The molecule has 0 spiro atoms. The van der Waals surface area contributed by atoms with E-state index < -0.39 is 11.7 Å². The van der Waals surface area contributed by atoms with Gasteiger partial charge in [0.2, 0.25) is 0 Å². The van der Waals surface area contributed by atoms with Crippen LogP contribution < -0.4 is 10.2 Å². The van der Waals surface area contributed by atoms with Gasteiger partial charge in [0, 0.05) is 60.7 Å². The molecule has 1 fully saturated rings. The number of carbonyl (C=O) groups is 3. The summed E-state index contributed by atoms with van der Waals surface area (Å²) in [5.41, 5.74) is 4.90. The largest absolute Gasteiger partial charge is 0.460 e. The van der Waals surface area contributed by atoms with Gasteiger partial charge in [-0.2, -0.15) is 0 Å². The van der Waals surface area contributed by atoms with Crippen LogP contribution in [0, 0.1) is 11.8 Å². The molecule has 2 aliphatic heterocycles. The molecule has 1 N–H and O–H groups in total. The zero-order valence-electron chi connectivity index (χ0n) is 32.2. The Morgan fingerprint density at radius 2 is 1.86 bits per heavy atom. The summed E-state index contributed by atoms with van der Waals surface area (Å²) in [4.78, 5) is 52.3. The molecule has 7 rings (SSSR count). The lowest BCUT2D eigenvalue weighted by molar-refractivity contribution is -0.156. The lowest BCUT2D eigenvalue weighted by Crippen LogP contribution is -2.48. The van der Waals surface area contributed by atoms with Crippen LogP contribution in [0.15, 0.2) is 91.5 Å². The van der Waals surface area contributed by atoms with Gasteiger partial charge in [0.05, 0.1) is 43.1 Å². The van der Waals surface area contributed by atoms with E-state index in [0.29, 0.717) is 37.4 Å². The number of fused-ring (bicyclic) bond motifs is 1. The number of Topliss-reactive ketones (excluding diaryl/α,β-unsaturated/α-hetero) is 1. The van der Waals surface area contributed by atoms with Crippen molar-refractivity contribution in [3.63, 3.8) is 0 Å². The van der Waals surface area contributed by atoms with Crippen molar-refractivity contribution in [2.24, 2.45) is 11.8 Å². The molecule has 56 heavy (non-hydrogen) atoms. The van der Waals surface area contributed by atoms with E-state index in [9.17, 15) is 14.4 Å². The van der Waals surface area contributed by atoms with E-state index in [1.54, 1.807) is 24.7 Å². The third kappa shape index (κ3) is 9.28. The van der Waals surface area contributed by atoms with E-state index in [1.165, 1.54) is 0 Å². The second-order valence-electron chi connectivity index (χ2n) is 15.4. The standard InChI is InChI=1S/C43H47N7O6/c1-28-25-49(26-34(23-39(52)56-43(2,3)4)41(28)50-17-16-45-48-50)37-12-15-44-24-33(37)22-38(51)40-36(47-42(53)55-27-29-8-6-5-7-9-29)21-32-11-10-31(20-35(32)46-40)30-13-18-54-19-14-30/h5-13,15-17,20-21,24,28,34,41H,14,18-19,22-23,25-27H2,1-4H3,(H,47,53)/t28-,34+,41-/m0/s1. The average molecular weight is 758 g/mol. The van der Waals surface area contributed by atoms with Crippen LogP contribution in [-0.4, -0.2) is 74.7 Å². The summed E-state index contributed by atoms with van der Waals surface area (Å²) in [6, 6.07) is 18.9. The smallest absolute Gasteiger partial charge is 0.412 e. The molecule has 3 aromatic heterocycles. The summed E-state index contributed by atoms with van der Waals surface area (Å²) in [5, 5.41) is 11.9. The number of hydrogen-bond donors (Lipinski definition) is 1. The molecule has 0 bridgehead atoms.